The van der Waals surface area contributed by atoms with E-state index in [1.807, 2.05) is 0 Å². The van der Waals surface area contributed by atoms with Crippen LogP contribution in [0, 0.1) is 0 Å². The molecule has 10 nitrogen and oxygen atoms in total. The first-order valence-electron chi connectivity index (χ1n) is 10.9. The van der Waals surface area contributed by atoms with Gasteiger partial charge < -0.3 is 20.1 Å². The molecular formula is C22H36N4O6. The highest BCUT2D eigenvalue weighted by atomic mass is 16.6. The third kappa shape index (κ3) is 16.6. The number of alkyl carbamates (subject to hydrolysis) is 1. The Morgan fingerprint density at radius 3 is 2.09 bits per heavy atom. The molecule has 0 radical (unpaired) electrons. The van der Waals surface area contributed by atoms with Crippen LogP contribution in [0.5, 0.6) is 0 Å². The molecule has 0 aliphatic heterocycles. The van der Waals surface area contributed by atoms with E-state index in [1.54, 1.807) is 0 Å². The van der Waals surface area contributed by atoms with Crippen molar-refractivity contribution in [1.29, 1.82) is 0 Å². The second-order valence-corrected chi connectivity index (χ2v) is 6.86. The maximum atomic E-state index is 12.4. The van der Waals surface area contributed by atoms with Gasteiger partial charge in [-0.2, -0.15) is 0 Å². The number of ether oxygens (including phenoxy) is 2. The molecule has 0 aliphatic rings. The minimum atomic E-state index is -0.706. The van der Waals surface area contributed by atoms with Crippen LogP contribution in [0.1, 0.15) is 51.4 Å². The number of nitrogens with one attached hydrogen (secondary N) is 2. The fraction of sp³-hybridized carbons (Fsp3) is 0.636. The average molecular weight is 453 g/mol. The van der Waals surface area contributed by atoms with Gasteiger partial charge in [0.15, 0.2) is 0 Å². The Labute approximate surface area is 190 Å². The van der Waals surface area contributed by atoms with Crippen LogP contribution in [0.15, 0.2) is 30.3 Å². The van der Waals surface area contributed by atoms with Crippen molar-refractivity contribution in [2.45, 2.75) is 51.4 Å². The fourth-order valence-electron chi connectivity index (χ4n) is 2.61. The summed E-state index contributed by atoms with van der Waals surface area (Å²) in [5.74, 6) is 0. The van der Waals surface area contributed by atoms with Crippen LogP contribution < -0.4 is 10.6 Å². The van der Waals surface area contributed by atoms with Gasteiger partial charge >= 0.3 is 18.2 Å². The monoisotopic (exact) mass is 452 g/mol. The lowest BCUT2D eigenvalue weighted by Crippen LogP contribution is -2.45. The predicted molar refractivity (Wildman–Crippen MR) is 121 cm³/mol. The Morgan fingerprint density at radius 2 is 1.44 bits per heavy atom. The first kappa shape index (κ1) is 28.9. The first-order valence-corrected chi connectivity index (χ1v) is 10.9. The number of hydrogen-bond donors (Lipinski definition) is 2. The number of urea groups is 1. The van der Waals surface area contributed by atoms with Crippen molar-refractivity contribution in [2.75, 3.05) is 39.4 Å². The van der Waals surface area contributed by atoms with Crippen molar-refractivity contribution in [3.8, 4) is 0 Å². The van der Waals surface area contributed by atoms with Crippen LogP contribution >= 0.6 is 0 Å². The quantitative estimate of drug-likeness (QED) is 0.141. The molecule has 0 aliphatic carbocycles. The number of hydrogen-bond acceptors (Lipinski definition) is 7. The van der Waals surface area contributed by atoms with Gasteiger partial charge in [0.1, 0.15) is 13.2 Å². The van der Waals surface area contributed by atoms with Gasteiger partial charge in [0.05, 0.1) is 6.54 Å². The molecule has 0 rings (SSSR count). The van der Waals surface area contributed by atoms with Crippen molar-refractivity contribution in [3.05, 3.63) is 25.3 Å². The van der Waals surface area contributed by atoms with E-state index in [0.717, 1.165) is 49.8 Å². The fourth-order valence-corrected chi connectivity index (χ4v) is 2.61. The molecule has 0 unspecified atom stereocenters. The Morgan fingerprint density at radius 1 is 0.844 bits per heavy atom. The van der Waals surface area contributed by atoms with Crippen LogP contribution in [0.2, 0.25) is 0 Å². The molecule has 0 fully saturated rings. The van der Waals surface area contributed by atoms with Gasteiger partial charge in [0.25, 0.3) is 0 Å². The molecule has 32 heavy (non-hydrogen) atoms. The van der Waals surface area contributed by atoms with Crippen molar-refractivity contribution >= 4 is 24.3 Å². The summed E-state index contributed by atoms with van der Waals surface area (Å²) in [7, 11) is 0. The number of nitrogens with zero attached hydrogens (tertiary/aromatic N) is 2. The normalized spacial score (nSPS) is 9.75. The summed E-state index contributed by atoms with van der Waals surface area (Å²) in [4.78, 5) is 50.4. The highest BCUT2D eigenvalue weighted by Gasteiger charge is 2.21. The smallest absolute Gasteiger partial charge is 0.418 e. The number of carbonyl (C=O) groups is 3. The van der Waals surface area contributed by atoms with Gasteiger partial charge in [0, 0.05) is 19.6 Å². The van der Waals surface area contributed by atoms with Gasteiger partial charge in [-0.3, -0.25) is 0 Å². The summed E-state index contributed by atoms with van der Waals surface area (Å²) in [5.41, 5.74) is 0. The van der Waals surface area contributed by atoms with Crippen LogP contribution in [0.25, 0.3) is 0 Å². The Balaban J connectivity index is 4.10. The molecule has 0 aromatic heterocycles. The molecular weight excluding hydrogens is 416 g/mol. The largest absolute Gasteiger partial charge is 0.445 e. The van der Waals surface area contributed by atoms with E-state index in [4.69, 9.17) is 9.47 Å². The molecule has 0 aromatic carbocycles. The van der Waals surface area contributed by atoms with E-state index >= 15 is 0 Å². The van der Waals surface area contributed by atoms with E-state index in [0.29, 0.717) is 26.1 Å². The van der Waals surface area contributed by atoms with E-state index < -0.39 is 18.2 Å². The van der Waals surface area contributed by atoms with E-state index in [9.17, 15) is 19.2 Å². The molecule has 0 spiro atoms. The summed E-state index contributed by atoms with van der Waals surface area (Å²) in [6.45, 7) is 8.80. The van der Waals surface area contributed by atoms with Crippen LogP contribution in [0.3, 0.4) is 0 Å². The Hall–Kier alpha value is -3.13. The molecule has 0 saturated heterocycles. The molecule has 0 aromatic rings. The number of aliphatic imine (C=N–C) groups is 1. The third-order valence-corrected chi connectivity index (χ3v) is 4.24. The van der Waals surface area contributed by atoms with E-state index in [1.165, 1.54) is 18.2 Å². The van der Waals surface area contributed by atoms with Gasteiger partial charge in [-0.05, 0) is 25.7 Å². The molecule has 180 valence electrons. The maximum Gasteiger partial charge on any atom is 0.418 e. The second-order valence-electron chi connectivity index (χ2n) is 6.86. The number of imide groups is 1. The van der Waals surface area contributed by atoms with Gasteiger partial charge in [0.2, 0.25) is 6.08 Å². The molecule has 0 saturated carbocycles. The van der Waals surface area contributed by atoms with E-state index in [-0.39, 0.29) is 19.8 Å². The molecule has 4 amide bonds. The minimum Gasteiger partial charge on any atom is -0.445 e. The molecule has 0 bridgehead atoms. The van der Waals surface area contributed by atoms with Crippen LogP contribution in [0.4, 0.5) is 14.4 Å². The summed E-state index contributed by atoms with van der Waals surface area (Å²) in [6.07, 6.45) is 9.59. The average Bonchev–Trinajstić information content (AvgIpc) is 2.79. The lowest BCUT2D eigenvalue weighted by Gasteiger charge is -2.20. The lowest BCUT2D eigenvalue weighted by atomic mass is 10.2. The molecule has 10 heteroatoms. The van der Waals surface area contributed by atoms with Crippen molar-refractivity contribution < 1.29 is 28.7 Å². The number of amides is 4. The van der Waals surface area contributed by atoms with E-state index in [2.05, 4.69) is 28.8 Å². The first-order chi connectivity index (χ1) is 15.6. The van der Waals surface area contributed by atoms with Crippen molar-refractivity contribution in [1.82, 2.24) is 15.5 Å². The Kier molecular flexibility index (Phi) is 19.1. The third-order valence-electron chi connectivity index (χ3n) is 4.24. The second kappa shape index (κ2) is 21.1. The molecule has 0 heterocycles. The zero-order valence-electron chi connectivity index (χ0n) is 18.8. The number of unbranched alkanes of at least 4 members (excludes halogenated alkanes) is 6. The zero-order valence-corrected chi connectivity index (χ0v) is 18.8. The number of rotatable bonds is 18. The van der Waals surface area contributed by atoms with Gasteiger partial charge in [-0.25, -0.2) is 29.1 Å². The number of isocyanates is 1. The lowest BCUT2D eigenvalue weighted by molar-refractivity contribution is 0.118. The zero-order chi connectivity index (χ0) is 23.9. The summed E-state index contributed by atoms with van der Waals surface area (Å²) in [6, 6.07) is -0.490. The Bertz CT molecular complexity index is 620. The van der Waals surface area contributed by atoms with Crippen molar-refractivity contribution in [3.63, 3.8) is 0 Å². The maximum absolute atomic E-state index is 12.4. The summed E-state index contributed by atoms with van der Waals surface area (Å²) >= 11 is 0. The topological polar surface area (TPSA) is 126 Å². The summed E-state index contributed by atoms with van der Waals surface area (Å²) in [5, 5.41) is 5.39. The SMILES string of the molecule is C=CCOC(=O)NCCCCCCNC(=O)N(CCCCCCN=C=O)C(=O)OCC=C. The van der Waals surface area contributed by atoms with Crippen LogP contribution in [-0.4, -0.2) is 68.6 Å². The van der Waals surface area contributed by atoms with Crippen LogP contribution in [-0.2, 0) is 14.3 Å². The number of carbonyl (C=O) groups excluding carboxylic acids is 4. The summed E-state index contributed by atoms with van der Waals surface area (Å²) < 4.78 is 9.80. The van der Waals surface area contributed by atoms with Gasteiger partial charge in [-0.15, -0.1) is 0 Å². The highest BCUT2D eigenvalue weighted by Crippen LogP contribution is 2.05. The van der Waals surface area contributed by atoms with Crippen molar-refractivity contribution in [2.24, 2.45) is 4.99 Å². The standard InChI is InChI=1S/C22H36N4O6/c1-3-17-31-21(29)25-15-11-6-5-10-14-24-20(28)26(22(30)32-18-4-2)16-12-8-7-9-13-23-19-27/h3-4H,1-2,5-18H2,(H,24,28)(H,25,29). The molecule has 2 N–H and O–H groups in total. The minimum absolute atomic E-state index is 0.0292. The highest BCUT2D eigenvalue weighted by molar-refractivity contribution is 5.90. The predicted octanol–water partition coefficient (Wildman–Crippen LogP) is 3.69. The van der Waals surface area contributed by atoms with Gasteiger partial charge in [-0.1, -0.05) is 51.0 Å². The molecule has 0 atom stereocenters.